The molecule has 0 spiro atoms. The highest BCUT2D eigenvalue weighted by molar-refractivity contribution is 7.18. The fraction of sp³-hybridized carbons (Fsp3) is 0.320. The number of piperazine rings is 1. The van der Waals surface area contributed by atoms with Gasteiger partial charge in [0, 0.05) is 69.8 Å². The van der Waals surface area contributed by atoms with Gasteiger partial charge < -0.3 is 14.7 Å². The lowest BCUT2D eigenvalue weighted by atomic mass is 10.1. The van der Waals surface area contributed by atoms with Crippen LogP contribution in [0.5, 0.6) is 0 Å². The van der Waals surface area contributed by atoms with E-state index in [-0.39, 0.29) is 12.2 Å². The van der Waals surface area contributed by atoms with Crippen molar-refractivity contribution in [2.75, 3.05) is 57.1 Å². The van der Waals surface area contributed by atoms with Gasteiger partial charge in [0.05, 0.1) is 16.8 Å². The van der Waals surface area contributed by atoms with Gasteiger partial charge in [-0.25, -0.2) is 19.9 Å². The largest absolute Gasteiger partial charge is 0.354 e. The Labute approximate surface area is 202 Å². The summed E-state index contributed by atoms with van der Waals surface area (Å²) in [4.78, 5) is 38.7. The van der Waals surface area contributed by atoms with Gasteiger partial charge in [0.15, 0.2) is 10.9 Å². The van der Waals surface area contributed by atoms with Crippen LogP contribution in [0.1, 0.15) is 16.2 Å². The Kier molecular flexibility index (Phi) is 6.21. The molecule has 0 aliphatic carbocycles. The lowest BCUT2D eigenvalue weighted by Crippen LogP contribution is -2.44. The number of carbonyl (C=O) groups excluding carboxylic acids is 1. The molecule has 3 aromatic heterocycles. The zero-order valence-corrected chi connectivity index (χ0v) is 20.4. The average Bonchev–Trinajstić information content (AvgIpc) is 3.35. The van der Waals surface area contributed by atoms with Crippen molar-refractivity contribution in [3.63, 3.8) is 0 Å². The Morgan fingerprint density at radius 1 is 1.03 bits per heavy atom. The van der Waals surface area contributed by atoms with Crippen LogP contribution >= 0.6 is 11.3 Å². The van der Waals surface area contributed by atoms with Crippen LogP contribution in [0.2, 0.25) is 0 Å². The molecular formula is C25H27N7OS. The molecule has 0 radical (unpaired) electrons. The second-order valence-electron chi connectivity index (χ2n) is 8.75. The highest BCUT2D eigenvalue weighted by atomic mass is 32.1. The van der Waals surface area contributed by atoms with Gasteiger partial charge in [0.1, 0.15) is 11.6 Å². The number of likely N-dealkylation sites (N-methyl/N-ethyl adjacent to an activating group) is 1. The predicted molar refractivity (Wildman–Crippen MR) is 137 cm³/mol. The fourth-order valence-corrected chi connectivity index (χ4v) is 4.79. The summed E-state index contributed by atoms with van der Waals surface area (Å²) in [7, 11) is 6.09. The third kappa shape index (κ3) is 4.76. The molecule has 0 bridgehead atoms. The summed E-state index contributed by atoms with van der Waals surface area (Å²) >= 11 is 1.63. The van der Waals surface area contributed by atoms with E-state index in [1.807, 2.05) is 43.4 Å². The molecule has 1 aliphatic rings. The summed E-state index contributed by atoms with van der Waals surface area (Å²) in [5, 5.41) is 1.90. The van der Waals surface area contributed by atoms with Gasteiger partial charge in [-0.05, 0) is 30.8 Å². The number of nitrogens with zero attached hydrogens (tertiary/aromatic N) is 7. The Bertz CT molecular complexity index is 1330. The summed E-state index contributed by atoms with van der Waals surface area (Å²) in [5.41, 5.74) is 2.52. The maximum Gasteiger partial charge on any atom is 0.185 e. The van der Waals surface area contributed by atoms with Crippen LogP contribution in [-0.4, -0.2) is 77.9 Å². The van der Waals surface area contributed by atoms with Crippen molar-refractivity contribution in [2.24, 2.45) is 0 Å². The second-order valence-corrected chi connectivity index (χ2v) is 9.76. The van der Waals surface area contributed by atoms with Crippen molar-refractivity contribution in [3.8, 4) is 10.4 Å². The topological polar surface area (TPSA) is 78.4 Å². The van der Waals surface area contributed by atoms with Crippen molar-refractivity contribution >= 4 is 39.0 Å². The van der Waals surface area contributed by atoms with Crippen molar-refractivity contribution in [1.29, 1.82) is 0 Å². The molecule has 0 unspecified atom stereocenters. The molecule has 0 saturated carbocycles. The van der Waals surface area contributed by atoms with Crippen LogP contribution in [0, 0.1) is 0 Å². The zero-order valence-electron chi connectivity index (χ0n) is 19.6. The van der Waals surface area contributed by atoms with Crippen LogP contribution < -0.4 is 9.80 Å². The van der Waals surface area contributed by atoms with E-state index in [1.54, 1.807) is 29.8 Å². The van der Waals surface area contributed by atoms with Crippen LogP contribution in [0.15, 0.2) is 48.9 Å². The van der Waals surface area contributed by atoms with Crippen molar-refractivity contribution in [3.05, 3.63) is 60.3 Å². The first-order chi connectivity index (χ1) is 16.5. The van der Waals surface area contributed by atoms with Gasteiger partial charge in [-0.2, -0.15) is 0 Å². The number of benzene rings is 1. The molecular weight excluding hydrogens is 446 g/mol. The predicted octanol–water partition coefficient (Wildman–Crippen LogP) is 3.39. The maximum atomic E-state index is 13.0. The van der Waals surface area contributed by atoms with Crippen molar-refractivity contribution in [2.45, 2.75) is 6.42 Å². The van der Waals surface area contributed by atoms with E-state index in [0.717, 1.165) is 58.5 Å². The summed E-state index contributed by atoms with van der Waals surface area (Å²) in [6.07, 6.45) is 5.53. The van der Waals surface area contributed by atoms with E-state index in [4.69, 9.17) is 4.98 Å². The molecule has 174 valence electrons. The molecule has 1 aliphatic heterocycles. The standard InChI is InChI=1S/C25H27N7OS/c1-30(2)25-28-16-22(34-25)18-4-5-19-15-27-23(29-20(19)12-18)14-21(33)17-6-7-26-24(13-17)32-10-8-31(3)9-11-32/h4-7,12-13,15-16H,8-11,14H2,1-3H3. The van der Waals surface area contributed by atoms with Crippen LogP contribution in [-0.2, 0) is 6.42 Å². The summed E-state index contributed by atoms with van der Waals surface area (Å²) < 4.78 is 0. The number of thiazole rings is 1. The number of pyridine rings is 1. The van der Waals surface area contributed by atoms with E-state index in [2.05, 4.69) is 37.9 Å². The number of Topliss-reactive ketones (excluding diaryl/α,β-unsaturated/α-hetero) is 1. The summed E-state index contributed by atoms with van der Waals surface area (Å²) in [6.45, 7) is 3.80. The normalized spacial score (nSPS) is 14.5. The third-order valence-electron chi connectivity index (χ3n) is 6.01. The van der Waals surface area contributed by atoms with Gasteiger partial charge in [-0.15, -0.1) is 0 Å². The quantitative estimate of drug-likeness (QED) is 0.395. The Morgan fingerprint density at radius 3 is 2.62 bits per heavy atom. The lowest BCUT2D eigenvalue weighted by molar-refractivity contribution is 0.0991. The molecule has 4 aromatic rings. The van der Waals surface area contributed by atoms with Gasteiger partial charge >= 0.3 is 0 Å². The highest BCUT2D eigenvalue weighted by Gasteiger charge is 2.17. The number of fused-ring (bicyclic) bond motifs is 1. The zero-order chi connectivity index (χ0) is 23.7. The number of ketones is 1. The molecule has 4 heterocycles. The first-order valence-electron chi connectivity index (χ1n) is 11.3. The Hall–Kier alpha value is -3.43. The molecule has 8 nitrogen and oxygen atoms in total. The minimum Gasteiger partial charge on any atom is -0.354 e. The second kappa shape index (κ2) is 9.44. The number of carbonyl (C=O) groups is 1. The van der Waals surface area contributed by atoms with Gasteiger partial charge in [-0.1, -0.05) is 23.5 Å². The monoisotopic (exact) mass is 473 g/mol. The van der Waals surface area contributed by atoms with E-state index in [9.17, 15) is 4.79 Å². The average molecular weight is 474 g/mol. The SMILES string of the molecule is CN1CCN(c2cc(C(=O)Cc3ncc4ccc(-c5cnc(N(C)C)s5)cc4n3)ccn2)CC1. The first-order valence-corrected chi connectivity index (χ1v) is 12.1. The molecule has 5 rings (SSSR count). The lowest BCUT2D eigenvalue weighted by Gasteiger charge is -2.33. The van der Waals surface area contributed by atoms with E-state index in [1.165, 1.54) is 0 Å². The molecule has 0 N–H and O–H groups in total. The number of hydrogen-bond acceptors (Lipinski definition) is 9. The molecule has 9 heteroatoms. The molecule has 1 saturated heterocycles. The molecule has 1 fully saturated rings. The van der Waals surface area contributed by atoms with Gasteiger partial charge in [0.2, 0.25) is 0 Å². The highest BCUT2D eigenvalue weighted by Crippen LogP contribution is 2.31. The molecule has 1 aromatic carbocycles. The van der Waals surface area contributed by atoms with E-state index >= 15 is 0 Å². The number of aromatic nitrogens is 4. The van der Waals surface area contributed by atoms with Gasteiger partial charge in [-0.3, -0.25) is 4.79 Å². The molecule has 34 heavy (non-hydrogen) atoms. The Morgan fingerprint density at radius 2 is 1.85 bits per heavy atom. The maximum absolute atomic E-state index is 13.0. The number of rotatable bonds is 6. The number of hydrogen-bond donors (Lipinski definition) is 0. The van der Waals surface area contributed by atoms with Crippen molar-refractivity contribution < 1.29 is 4.79 Å². The minimum absolute atomic E-state index is 0.00800. The van der Waals surface area contributed by atoms with Crippen molar-refractivity contribution in [1.82, 2.24) is 24.8 Å². The van der Waals surface area contributed by atoms with Crippen LogP contribution in [0.3, 0.4) is 0 Å². The van der Waals surface area contributed by atoms with E-state index < -0.39 is 0 Å². The summed E-state index contributed by atoms with van der Waals surface area (Å²) in [6, 6.07) is 9.76. The van der Waals surface area contributed by atoms with Gasteiger partial charge in [0.25, 0.3) is 0 Å². The smallest absolute Gasteiger partial charge is 0.185 e. The van der Waals surface area contributed by atoms with Crippen LogP contribution in [0.4, 0.5) is 10.9 Å². The van der Waals surface area contributed by atoms with E-state index in [0.29, 0.717) is 11.4 Å². The minimum atomic E-state index is -0.00800. The molecule has 0 atom stereocenters. The third-order valence-corrected chi connectivity index (χ3v) is 7.22. The summed E-state index contributed by atoms with van der Waals surface area (Å²) in [5.74, 6) is 1.36. The molecule has 0 amide bonds. The fourth-order valence-electron chi connectivity index (χ4n) is 3.95. The Balaban J connectivity index is 1.35. The van der Waals surface area contributed by atoms with Crippen LogP contribution in [0.25, 0.3) is 21.3 Å². The number of anilines is 2. The first kappa shape index (κ1) is 22.4.